The maximum atomic E-state index is 2.30. The van der Waals surface area contributed by atoms with Gasteiger partial charge in [-0.3, -0.25) is 0 Å². The molecule has 2 aromatic carbocycles. The van der Waals surface area contributed by atoms with Gasteiger partial charge in [0.05, 0.1) is 0 Å². The molecule has 0 aromatic heterocycles. The van der Waals surface area contributed by atoms with Crippen molar-refractivity contribution in [2.45, 2.75) is 37.7 Å². The largest absolute Gasteiger partial charge is 0.148 e. The van der Waals surface area contributed by atoms with E-state index in [0.29, 0.717) is 10.00 Å². The first kappa shape index (κ1) is 12.5. The molecule has 1 heteroatoms. The summed E-state index contributed by atoms with van der Waals surface area (Å²) in [6, 6.07) is 15.3. The standard InChI is InChI=1S/C16H20S/c1-12(17-16(2,3)4)14-11-7-9-13-8-5-6-10-15(13)14/h5-12H,1-4H3. The minimum Gasteiger partial charge on any atom is -0.148 e. The van der Waals surface area contributed by atoms with Crippen LogP contribution in [0.4, 0.5) is 0 Å². The molecule has 90 valence electrons. The lowest BCUT2D eigenvalue weighted by molar-refractivity contribution is 0.795. The van der Waals surface area contributed by atoms with E-state index >= 15 is 0 Å². The summed E-state index contributed by atoms with van der Waals surface area (Å²) in [4.78, 5) is 0. The molecule has 0 heterocycles. The molecule has 0 amide bonds. The molecule has 0 N–H and O–H groups in total. The molecule has 0 bridgehead atoms. The fraction of sp³-hybridized carbons (Fsp3) is 0.375. The Bertz CT molecular complexity index is 503. The Labute approximate surface area is 108 Å². The first-order valence-electron chi connectivity index (χ1n) is 6.13. The highest BCUT2D eigenvalue weighted by atomic mass is 32.2. The van der Waals surface area contributed by atoms with E-state index in [9.17, 15) is 0 Å². The Morgan fingerprint density at radius 3 is 2.29 bits per heavy atom. The summed E-state index contributed by atoms with van der Waals surface area (Å²) in [7, 11) is 0. The Balaban J connectivity index is 2.41. The van der Waals surface area contributed by atoms with Crippen molar-refractivity contribution in [2.75, 3.05) is 0 Å². The van der Waals surface area contributed by atoms with E-state index in [0.717, 1.165) is 0 Å². The van der Waals surface area contributed by atoms with Crippen LogP contribution in [0.2, 0.25) is 0 Å². The number of fused-ring (bicyclic) bond motifs is 1. The summed E-state index contributed by atoms with van der Waals surface area (Å²) < 4.78 is 0.302. The second-order valence-electron chi connectivity index (χ2n) is 5.44. The number of rotatable bonds is 2. The molecule has 0 fully saturated rings. The maximum absolute atomic E-state index is 2.30. The van der Waals surface area contributed by atoms with Crippen LogP contribution in [0.1, 0.15) is 38.5 Å². The van der Waals surface area contributed by atoms with Crippen molar-refractivity contribution in [1.82, 2.24) is 0 Å². The maximum Gasteiger partial charge on any atom is 0.0280 e. The second-order valence-corrected chi connectivity index (χ2v) is 7.61. The van der Waals surface area contributed by atoms with Crippen molar-refractivity contribution in [3.05, 3.63) is 48.0 Å². The van der Waals surface area contributed by atoms with Crippen LogP contribution in [0.3, 0.4) is 0 Å². The van der Waals surface area contributed by atoms with E-state index in [2.05, 4.69) is 70.2 Å². The molecule has 0 spiro atoms. The molecule has 17 heavy (non-hydrogen) atoms. The van der Waals surface area contributed by atoms with Gasteiger partial charge < -0.3 is 0 Å². The smallest absolute Gasteiger partial charge is 0.0280 e. The van der Waals surface area contributed by atoms with E-state index in [4.69, 9.17) is 0 Å². The van der Waals surface area contributed by atoms with Crippen LogP contribution < -0.4 is 0 Å². The van der Waals surface area contributed by atoms with Crippen molar-refractivity contribution in [3.8, 4) is 0 Å². The van der Waals surface area contributed by atoms with Gasteiger partial charge in [-0.1, -0.05) is 63.2 Å². The fourth-order valence-electron chi connectivity index (χ4n) is 2.20. The van der Waals surface area contributed by atoms with Gasteiger partial charge in [-0.05, 0) is 23.3 Å². The minimum atomic E-state index is 0.302. The van der Waals surface area contributed by atoms with E-state index in [1.54, 1.807) is 0 Å². The van der Waals surface area contributed by atoms with Gasteiger partial charge in [0.15, 0.2) is 0 Å². The summed E-state index contributed by atoms with van der Waals surface area (Å²) in [6.45, 7) is 9.13. The average molecular weight is 244 g/mol. The SMILES string of the molecule is CC(SC(C)(C)C)c1cccc2ccccc12. The number of thioether (sulfide) groups is 1. The van der Waals surface area contributed by atoms with Gasteiger partial charge in [0.25, 0.3) is 0 Å². The lowest BCUT2D eigenvalue weighted by Crippen LogP contribution is -2.09. The van der Waals surface area contributed by atoms with Crippen molar-refractivity contribution in [2.24, 2.45) is 0 Å². The Morgan fingerprint density at radius 1 is 0.941 bits per heavy atom. The molecule has 0 saturated carbocycles. The monoisotopic (exact) mass is 244 g/mol. The van der Waals surface area contributed by atoms with Crippen LogP contribution in [-0.4, -0.2) is 4.75 Å². The van der Waals surface area contributed by atoms with Crippen LogP contribution >= 0.6 is 11.8 Å². The molecule has 2 aromatic rings. The second kappa shape index (κ2) is 4.73. The molecular formula is C16H20S. The molecule has 0 nitrogen and oxygen atoms in total. The molecule has 0 aliphatic carbocycles. The summed E-state index contributed by atoms with van der Waals surface area (Å²) in [5.74, 6) is 0. The van der Waals surface area contributed by atoms with E-state index in [1.807, 2.05) is 11.8 Å². The molecule has 2 rings (SSSR count). The first-order chi connectivity index (χ1) is 7.97. The number of hydrogen-bond acceptors (Lipinski definition) is 1. The van der Waals surface area contributed by atoms with E-state index in [1.165, 1.54) is 16.3 Å². The summed E-state index contributed by atoms with van der Waals surface area (Å²) in [5.41, 5.74) is 1.45. The van der Waals surface area contributed by atoms with Crippen LogP contribution in [0.5, 0.6) is 0 Å². The summed E-state index contributed by atoms with van der Waals surface area (Å²) in [5, 5.41) is 3.26. The molecular weight excluding hydrogens is 224 g/mol. The van der Waals surface area contributed by atoms with E-state index < -0.39 is 0 Å². The van der Waals surface area contributed by atoms with Gasteiger partial charge in [-0.25, -0.2) is 0 Å². The lowest BCUT2D eigenvalue weighted by atomic mass is 10.0. The molecule has 0 aliphatic rings. The fourth-order valence-corrected chi connectivity index (χ4v) is 3.59. The zero-order chi connectivity index (χ0) is 12.5. The van der Waals surface area contributed by atoms with Gasteiger partial charge in [0, 0.05) is 10.00 Å². The topological polar surface area (TPSA) is 0 Å². The van der Waals surface area contributed by atoms with Gasteiger partial charge in [0.2, 0.25) is 0 Å². The zero-order valence-corrected chi connectivity index (χ0v) is 11.8. The van der Waals surface area contributed by atoms with Crippen LogP contribution in [-0.2, 0) is 0 Å². The molecule has 0 aliphatic heterocycles. The van der Waals surface area contributed by atoms with Crippen molar-refractivity contribution in [1.29, 1.82) is 0 Å². The van der Waals surface area contributed by atoms with Gasteiger partial charge in [-0.2, -0.15) is 0 Å². The van der Waals surface area contributed by atoms with Crippen molar-refractivity contribution in [3.63, 3.8) is 0 Å². The first-order valence-corrected chi connectivity index (χ1v) is 7.01. The van der Waals surface area contributed by atoms with Crippen LogP contribution in [0, 0.1) is 0 Å². The summed E-state index contributed by atoms with van der Waals surface area (Å²) in [6.07, 6.45) is 0. The van der Waals surface area contributed by atoms with Gasteiger partial charge >= 0.3 is 0 Å². The Morgan fingerprint density at radius 2 is 1.59 bits per heavy atom. The van der Waals surface area contributed by atoms with Gasteiger partial charge in [0.1, 0.15) is 0 Å². The normalized spacial score (nSPS) is 13.9. The average Bonchev–Trinajstić information content (AvgIpc) is 2.26. The molecule has 1 atom stereocenters. The highest BCUT2D eigenvalue weighted by Crippen LogP contribution is 2.40. The zero-order valence-electron chi connectivity index (χ0n) is 11.0. The Kier molecular flexibility index (Phi) is 3.48. The predicted octanol–water partition coefficient (Wildman–Crippen LogP) is 5.43. The quantitative estimate of drug-likeness (QED) is 0.678. The van der Waals surface area contributed by atoms with Crippen molar-refractivity contribution >= 4 is 22.5 Å². The highest BCUT2D eigenvalue weighted by Gasteiger charge is 2.18. The van der Waals surface area contributed by atoms with Crippen LogP contribution in [0.25, 0.3) is 10.8 Å². The molecule has 1 unspecified atom stereocenters. The Hall–Kier alpha value is -0.950. The third-order valence-electron chi connectivity index (χ3n) is 2.79. The number of benzene rings is 2. The summed E-state index contributed by atoms with van der Waals surface area (Å²) >= 11 is 2.02. The van der Waals surface area contributed by atoms with Crippen LogP contribution in [0.15, 0.2) is 42.5 Å². The van der Waals surface area contributed by atoms with Gasteiger partial charge in [-0.15, -0.1) is 11.8 Å². The molecule has 0 radical (unpaired) electrons. The number of hydrogen-bond donors (Lipinski definition) is 0. The third-order valence-corrected chi connectivity index (χ3v) is 4.11. The highest BCUT2D eigenvalue weighted by molar-refractivity contribution is 8.00. The van der Waals surface area contributed by atoms with Crippen molar-refractivity contribution < 1.29 is 0 Å². The lowest BCUT2D eigenvalue weighted by Gasteiger charge is -2.24. The van der Waals surface area contributed by atoms with E-state index in [-0.39, 0.29) is 0 Å². The predicted molar refractivity (Wildman–Crippen MR) is 79.7 cm³/mol. The molecule has 0 saturated heterocycles. The minimum absolute atomic E-state index is 0.302. The third kappa shape index (κ3) is 3.04.